The summed E-state index contributed by atoms with van der Waals surface area (Å²) in [4.78, 5) is 18.7. The zero-order chi connectivity index (χ0) is 16.8. The second-order valence-corrected chi connectivity index (χ2v) is 6.31. The third-order valence-electron chi connectivity index (χ3n) is 4.48. The number of amides is 1. The first kappa shape index (κ1) is 16.5. The molecule has 0 saturated carbocycles. The second-order valence-electron chi connectivity index (χ2n) is 6.31. The molecule has 1 saturated heterocycles. The van der Waals surface area contributed by atoms with Gasteiger partial charge in [0.25, 0.3) is 0 Å². The third-order valence-corrected chi connectivity index (χ3v) is 4.48. The molecule has 0 bridgehead atoms. The van der Waals surface area contributed by atoms with Crippen molar-refractivity contribution in [2.24, 2.45) is 5.92 Å². The van der Waals surface area contributed by atoms with E-state index in [0.717, 1.165) is 37.2 Å². The molecule has 3 rings (SSSR count). The van der Waals surface area contributed by atoms with Gasteiger partial charge >= 0.3 is 0 Å². The monoisotopic (exact) mass is 324 g/mol. The summed E-state index contributed by atoms with van der Waals surface area (Å²) in [5, 5.41) is 0. The molecule has 1 aliphatic heterocycles. The highest BCUT2D eigenvalue weighted by Gasteiger charge is 2.26. The molecule has 0 N–H and O–H groups in total. The van der Waals surface area contributed by atoms with Crippen LogP contribution >= 0.6 is 0 Å². The summed E-state index contributed by atoms with van der Waals surface area (Å²) in [7, 11) is 0. The maximum absolute atomic E-state index is 12.5. The quantitative estimate of drug-likeness (QED) is 0.820. The van der Waals surface area contributed by atoms with E-state index in [1.165, 1.54) is 5.56 Å². The van der Waals surface area contributed by atoms with Crippen LogP contribution < -0.4 is 4.74 Å². The number of hydrogen-bond acceptors (Lipinski definition) is 3. The van der Waals surface area contributed by atoms with E-state index >= 15 is 0 Å². The molecule has 0 radical (unpaired) electrons. The van der Waals surface area contributed by atoms with E-state index in [1.807, 2.05) is 48.4 Å². The van der Waals surface area contributed by atoms with Crippen molar-refractivity contribution in [2.45, 2.75) is 26.2 Å². The van der Waals surface area contributed by atoms with E-state index in [4.69, 9.17) is 4.74 Å². The Morgan fingerprint density at radius 2 is 2.08 bits per heavy atom. The molecule has 1 aromatic heterocycles. The van der Waals surface area contributed by atoms with E-state index in [2.05, 4.69) is 11.1 Å². The van der Waals surface area contributed by atoms with Crippen molar-refractivity contribution in [1.82, 2.24) is 9.88 Å². The fourth-order valence-corrected chi connectivity index (χ4v) is 3.23. The molecular formula is C20H24N2O2. The number of pyridine rings is 1. The van der Waals surface area contributed by atoms with Crippen molar-refractivity contribution in [3.05, 3.63) is 59.9 Å². The van der Waals surface area contributed by atoms with Crippen molar-refractivity contribution in [2.75, 3.05) is 19.7 Å². The van der Waals surface area contributed by atoms with Crippen molar-refractivity contribution < 1.29 is 9.53 Å². The molecule has 1 amide bonds. The lowest BCUT2D eigenvalue weighted by atomic mass is 10.00. The number of carbonyl (C=O) groups excluding carboxylic acids is 1. The minimum atomic E-state index is 0.216. The Morgan fingerprint density at radius 1 is 1.25 bits per heavy atom. The summed E-state index contributed by atoms with van der Waals surface area (Å²) >= 11 is 0. The van der Waals surface area contributed by atoms with Crippen LogP contribution in [0.15, 0.2) is 48.8 Å². The van der Waals surface area contributed by atoms with Crippen LogP contribution in [0.1, 0.15) is 24.5 Å². The van der Waals surface area contributed by atoms with Crippen LogP contribution in [0, 0.1) is 5.92 Å². The van der Waals surface area contributed by atoms with Crippen LogP contribution in [0.4, 0.5) is 0 Å². The van der Waals surface area contributed by atoms with Gasteiger partial charge in [-0.15, -0.1) is 0 Å². The molecule has 0 aliphatic carbocycles. The molecule has 1 aliphatic rings. The van der Waals surface area contributed by atoms with Gasteiger partial charge in [0, 0.05) is 25.5 Å². The highest BCUT2D eigenvalue weighted by Crippen LogP contribution is 2.21. The molecule has 2 heterocycles. The van der Waals surface area contributed by atoms with Gasteiger partial charge in [-0.3, -0.25) is 9.78 Å². The lowest BCUT2D eigenvalue weighted by Gasteiger charge is -2.17. The summed E-state index contributed by atoms with van der Waals surface area (Å²) in [6, 6.07) is 11.9. The predicted octanol–water partition coefficient (Wildman–Crippen LogP) is 3.11. The van der Waals surface area contributed by atoms with Crippen molar-refractivity contribution in [3.63, 3.8) is 0 Å². The largest absolute Gasteiger partial charge is 0.494 e. The maximum atomic E-state index is 12.5. The van der Waals surface area contributed by atoms with Gasteiger partial charge in [0.1, 0.15) is 5.75 Å². The van der Waals surface area contributed by atoms with E-state index < -0.39 is 0 Å². The Kier molecular flexibility index (Phi) is 5.47. The molecule has 24 heavy (non-hydrogen) atoms. The normalized spacial score (nSPS) is 17.0. The Labute approximate surface area is 143 Å². The van der Waals surface area contributed by atoms with Crippen LogP contribution in [-0.2, 0) is 17.6 Å². The zero-order valence-electron chi connectivity index (χ0n) is 14.1. The van der Waals surface area contributed by atoms with Crippen molar-refractivity contribution in [1.29, 1.82) is 0 Å². The molecule has 4 nitrogen and oxygen atoms in total. The van der Waals surface area contributed by atoms with Crippen molar-refractivity contribution in [3.8, 4) is 5.75 Å². The standard InChI is InChI=1S/C20H24N2O2/c1-2-24-19-7-5-16(6-8-19)13-20(23)22-11-9-18(15-22)12-17-4-3-10-21-14-17/h3-8,10,14,18H,2,9,11-13,15H2,1H3. The Balaban J connectivity index is 1.51. The smallest absolute Gasteiger partial charge is 0.226 e. The maximum Gasteiger partial charge on any atom is 0.226 e. The first-order chi connectivity index (χ1) is 11.7. The van der Waals surface area contributed by atoms with Gasteiger partial charge in [-0.2, -0.15) is 0 Å². The number of rotatable bonds is 6. The molecule has 1 aromatic carbocycles. The number of hydrogen-bond donors (Lipinski definition) is 0. The molecule has 0 spiro atoms. The van der Waals surface area contributed by atoms with Crippen molar-refractivity contribution >= 4 is 5.91 Å². The van der Waals surface area contributed by atoms with Gasteiger partial charge in [0.15, 0.2) is 0 Å². The summed E-state index contributed by atoms with van der Waals surface area (Å²) in [5.74, 6) is 1.61. The van der Waals surface area contributed by atoms with E-state index in [-0.39, 0.29) is 5.91 Å². The van der Waals surface area contributed by atoms with Gasteiger partial charge in [0.05, 0.1) is 13.0 Å². The lowest BCUT2D eigenvalue weighted by molar-refractivity contribution is -0.129. The van der Waals surface area contributed by atoms with E-state index in [0.29, 0.717) is 18.9 Å². The molecule has 1 fully saturated rings. The summed E-state index contributed by atoms with van der Waals surface area (Å²) in [6.45, 7) is 4.34. The van der Waals surface area contributed by atoms with Gasteiger partial charge in [-0.25, -0.2) is 0 Å². The zero-order valence-corrected chi connectivity index (χ0v) is 14.1. The van der Waals surface area contributed by atoms with Gasteiger partial charge in [-0.1, -0.05) is 18.2 Å². The predicted molar refractivity (Wildman–Crippen MR) is 93.9 cm³/mol. The number of likely N-dealkylation sites (tertiary alicyclic amines) is 1. The Morgan fingerprint density at radius 3 is 2.79 bits per heavy atom. The molecule has 2 aromatic rings. The highest BCUT2D eigenvalue weighted by atomic mass is 16.5. The highest BCUT2D eigenvalue weighted by molar-refractivity contribution is 5.79. The minimum Gasteiger partial charge on any atom is -0.494 e. The first-order valence-corrected chi connectivity index (χ1v) is 8.63. The topological polar surface area (TPSA) is 42.4 Å². The first-order valence-electron chi connectivity index (χ1n) is 8.63. The number of carbonyl (C=O) groups is 1. The molecule has 126 valence electrons. The van der Waals surface area contributed by atoms with Crippen LogP contribution in [0.3, 0.4) is 0 Å². The minimum absolute atomic E-state index is 0.216. The van der Waals surface area contributed by atoms with Crippen LogP contribution in [0.5, 0.6) is 5.75 Å². The molecular weight excluding hydrogens is 300 g/mol. The van der Waals surface area contributed by atoms with E-state index in [9.17, 15) is 4.79 Å². The summed E-state index contributed by atoms with van der Waals surface area (Å²) in [5.41, 5.74) is 2.29. The second kappa shape index (κ2) is 7.95. The number of benzene rings is 1. The molecule has 1 atom stereocenters. The van der Waals surface area contributed by atoms with Crippen LogP contribution in [0.2, 0.25) is 0 Å². The fourth-order valence-electron chi connectivity index (χ4n) is 3.23. The molecule has 4 heteroatoms. The lowest BCUT2D eigenvalue weighted by Crippen LogP contribution is -2.30. The van der Waals surface area contributed by atoms with Gasteiger partial charge in [0.2, 0.25) is 5.91 Å². The number of aromatic nitrogens is 1. The summed E-state index contributed by atoms with van der Waals surface area (Å²) in [6.07, 6.45) is 6.26. The number of ether oxygens (including phenoxy) is 1. The Hall–Kier alpha value is -2.36. The van der Waals surface area contributed by atoms with Crippen LogP contribution in [0.25, 0.3) is 0 Å². The average molecular weight is 324 g/mol. The van der Waals surface area contributed by atoms with Gasteiger partial charge in [-0.05, 0) is 55.0 Å². The Bertz CT molecular complexity index is 655. The average Bonchev–Trinajstić information content (AvgIpc) is 3.06. The fraction of sp³-hybridized carbons (Fsp3) is 0.400. The van der Waals surface area contributed by atoms with E-state index in [1.54, 1.807) is 6.20 Å². The third kappa shape index (κ3) is 4.34. The van der Waals surface area contributed by atoms with Gasteiger partial charge < -0.3 is 9.64 Å². The van der Waals surface area contributed by atoms with Crippen LogP contribution in [-0.4, -0.2) is 35.5 Å². The molecule has 1 unspecified atom stereocenters. The summed E-state index contributed by atoms with van der Waals surface area (Å²) < 4.78 is 5.44. The SMILES string of the molecule is CCOc1ccc(CC(=O)N2CCC(Cc3cccnc3)C2)cc1. The number of nitrogens with zero attached hydrogens (tertiary/aromatic N) is 2.